The van der Waals surface area contributed by atoms with E-state index in [9.17, 15) is 9.90 Å². The van der Waals surface area contributed by atoms with Crippen LogP contribution in [-0.2, 0) is 4.79 Å². The molecule has 0 aliphatic carbocycles. The Labute approximate surface area is 79.2 Å². The van der Waals surface area contributed by atoms with Gasteiger partial charge in [0.1, 0.15) is 0 Å². The highest BCUT2D eigenvalue weighted by molar-refractivity contribution is 8.10. The monoisotopic (exact) mass is 203 g/mol. The maximum absolute atomic E-state index is 11.4. The zero-order valence-corrected chi connectivity index (χ0v) is 8.24. The lowest BCUT2D eigenvalue weighted by Gasteiger charge is -2.16. The molecule has 1 atom stereocenters. The molecule has 1 unspecified atom stereocenters. The number of rotatable bonds is 0. The van der Waals surface area contributed by atoms with E-state index in [4.69, 9.17) is 0 Å². The van der Waals surface area contributed by atoms with Gasteiger partial charge in [0.2, 0.25) is 0 Å². The minimum Gasteiger partial charge on any atom is -0.369 e. The number of amides is 1. The summed E-state index contributed by atoms with van der Waals surface area (Å²) in [6, 6.07) is 0. The van der Waals surface area contributed by atoms with Gasteiger partial charge in [0.25, 0.3) is 5.91 Å². The second kappa shape index (κ2) is 2.97. The Morgan fingerprint density at radius 1 is 1.50 bits per heavy atom. The van der Waals surface area contributed by atoms with Crippen LogP contribution >= 0.6 is 23.5 Å². The van der Waals surface area contributed by atoms with Gasteiger partial charge in [-0.3, -0.25) is 4.79 Å². The van der Waals surface area contributed by atoms with Crippen molar-refractivity contribution in [1.82, 2.24) is 4.90 Å². The number of thioether (sulfide) groups is 2. The summed E-state index contributed by atoms with van der Waals surface area (Å²) in [5.74, 6) is 1.92. The minimum atomic E-state index is -0.690. The largest absolute Gasteiger partial charge is 0.369 e. The summed E-state index contributed by atoms with van der Waals surface area (Å²) >= 11 is 3.15. The molecule has 12 heavy (non-hydrogen) atoms. The van der Waals surface area contributed by atoms with Crippen molar-refractivity contribution < 1.29 is 9.90 Å². The van der Waals surface area contributed by atoms with Crippen molar-refractivity contribution in [2.45, 2.75) is 6.23 Å². The van der Waals surface area contributed by atoms with Gasteiger partial charge in [0, 0.05) is 18.6 Å². The molecule has 66 valence electrons. The third kappa shape index (κ3) is 1.08. The maximum Gasteiger partial charge on any atom is 0.263 e. The van der Waals surface area contributed by atoms with Gasteiger partial charge in [-0.15, -0.1) is 23.5 Å². The van der Waals surface area contributed by atoms with Crippen LogP contribution < -0.4 is 0 Å². The van der Waals surface area contributed by atoms with Gasteiger partial charge in [-0.05, 0) is 0 Å². The van der Waals surface area contributed by atoms with E-state index in [1.54, 1.807) is 30.6 Å². The van der Waals surface area contributed by atoms with Crippen molar-refractivity contribution in [2.24, 2.45) is 0 Å². The van der Waals surface area contributed by atoms with Gasteiger partial charge >= 0.3 is 0 Å². The molecule has 0 aromatic carbocycles. The van der Waals surface area contributed by atoms with Crippen LogP contribution in [0.3, 0.4) is 0 Å². The number of carbonyl (C=O) groups excluding carboxylic acids is 1. The molecule has 1 amide bonds. The number of carbonyl (C=O) groups is 1. The van der Waals surface area contributed by atoms with Gasteiger partial charge in [-0.25, -0.2) is 0 Å². The first-order chi connectivity index (χ1) is 5.72. The molecule has 0 aromatic heterocycles. The van der Waals surface area contributed by atoms with E-state index in [2.05, 4.69) is 0 Å². The summed E-state index contributed by atoms with van der Waals surface area (Å²) in [5.41, 5.74) is 0. The summed E-state index contributed by atoms with van der Waals surface area (Å²) < 4.78 is 0. The van der Waals surface area contributed by atoms with Gasteiger partial charge in [-0.1, -0.05) is 0 Å². The van der Waals surface area contributed by atoms with E-state index in [1.807, 2.05) is 0 Å². The van der Waals surface area contributed by atoms with Crippen LogP contribution in [0.25, 0.3) is 0 Å². The van der Waals surface area contributed by atoms with Crippen molar-refractivity contribution in [3.05, 3.63) is 9.81 Å². The van der Waals surface area contributed by atoms with Crippen LogP contribution in [0.4, 0.5) is 0 Å². The van der Waals surface area contributed by atoms with Crippen molar-refractivity contribution in [3.8, 4) is 0 Å². The average Bonchev–Trinajstić information content (AvgIpc) is 2.33. The number of hydrogen-bond donors (Lipinski definition) is 1. The Hall–Kier alpha value is -0.130. The molecular formula is C7H9NO2S2. The van der Waals surface area contributed by atoms with Crippen LogP contribution in [0.2, 0.25) is 0 Å². The van der Waals surface area contributed by atoms with Crippen LogP contribution in [-0.4, -0.2) is 40.7 Å². The first-order valence-electron chi connectivity index (χ1n) is 3.67. The van der Waals surface area contributed by atoms with Crippen molar-refractivity contribution in [3.63, 3.8) is 0 Å². The molecule has 5 heteroatoms. The molecule has 0 saturated heterocycles. The molecular weight excluding hydrogens is 194 g/mol. The minimum absolute atomic E-state index is 0.0327. The van der Waals surface area contributed by atoms with Crippen molar-refractivity contribution >= 4 is 29.4 Å². The highest BCUT2D eigenvalue weighted by Gasteiger charge is 2.37. The average molecular weight is 203 g/mol. The fourth-order valence-electron chi connectivity index (χ4n) is 1.24. The smallest absolute Gasteiger partial charge is 0.263 e. The Kier molecular flexibility index (Phi) is 2.10. The summed E-state index contributed by atoms with van der Waals surface area (Å²) in [5, 5.41) is 9.58. The lowest BCUT2D eigenvalue weighted by Crippen LogP contribution is -2.30. The molecule has 0 spiro atoms. The highest BCUT2D eigenvalue weighted by atomic mass is 32.2. The Bertz CT molecular complexity index is 264. The fourth-order valence-corrected chi connectivity index (χ4v) is 3.72. The quantitative estimate of drug-likeness (QED) is 0.621. The SMILES string of the molecule is CN1C(=O)C2=C(SCCS2)C1O. The summed E-state index contributed by atoms with van der Waals surface area (Å²) in [6.45, 7) is 0. The number of likely N-dealkylation sites (N-methyl/N-ethyl adjacent to an activating group) is 1. The lowest BCUT2D eigenvalue weighted by molar-refractivity contribution is -0.129. The molecule has 2 aliphatic rings. The fraction of sp³-hybridized carbons (Fsp3) is 0.571. The third-order valence-corrected chi connectivity index (χ3v) is 4.54. The zero-order valence-electron chi connectivity index (χ0n) is 6.61. The number of nitrogens with zero attached hydrogens (tertiary/aromatic N) is 1. The Morgan fingerprint density at radius 3 is 2.83 bits per heavy atom. The van der Waals surface area contributed by atoms with Gasteiger partial charge < -0.3 is 10.0 Å². The summed E-state index contributed by atoms with van der Waals surface area (Å²) in [7, 11) is 1.63. The number of aliphatic hydroxyl groups excluding tert-OH is 1. The van der Waals surface area contributed by atoms with E-state index < -0.39 is 6.23 Å². The lowest BCUT2D eigenvalue weighted by atomic mass is 10.5. The second-order valence-electron chi connectivity index (χ2n) is 2.68. The molecule has 2 aliphatic heterocycles. The summed E-state index contributed by atoms with van der Waals surface area (Å²) in [4.78, 5) is 14.4. The first kappa shape index (κ1) is 8.47. The van der Waals surface area contributed by atoms with E-state index in [-0.39, 0.29) is 5.91 Å². The maximum atomic E-state index is 11.4. The predicted octanol–water partition coefficient (Wildman–Crippen LogP) is 0.468. The van der Waals surface area contributed by atoms with Gasteiger partial charge in [0.05, 0.1) is 9.81 Å². The van der Waals surface area contributed by atoms with Crippen LogP contribution in [0.15, 0.2) is 9.81 Å². The summed E-state index contributed by atoms with van der Waals surface area (Å²) in [6.07, 6.45) is -0.690. The first-order valence-corrected chi connectivity index (χ1v) is 5.64. The molecule has 3 nitrogen and oxygen atoms in total. The molecule has 0 fully saturated rings. The third-order valence-electron chi connectivity index (χ3n) is 1.93. The van der Waals surface area contributed by atoms with Crippen LogP contribution in [0, 0.1) is 0 Å². The van der Waals surface area contributed by atoms with Crippen molar-refractivity contribution in [1.29, 1.82) is 0 Å². The molecule has 0 radical (unpaired) electrons. The standard InChI is InChI=1S/C7H9NO2S2/c1-8-6(9)4-5(7(8)10)12-3-2-11-4/h6,9H,2-3H2,1H3. The van der Waals surface area contributed by atoms with Crippen molar-refractivity contribution in [2.75, 3.05) is 18.6 Å². The van der Waals surface area contributed by atoms with Gasteiger partial charge in [-0.2, -0.15) is 0 Å². The van der Waals surface area contributed by atoms with Crippen LogP contribution in [0.1, 0.15) is 0 Å². The molecule has 1 N–H and O–H groups in total. The van der Waals surface area contributed by atoms with Crippen LogP contribution in [0.5, 0.6) is 0 Å². The highest BCUT2D eigenvalue weighted by Crippen LogP contribution is 2.41. The van der Waals surface area contributed by atoms with E-state index in [1.165, 1.54) is 4.90 Å². The van der Waals surface area contributed by atoms with E-state index in [0.717, 1.165) is 21.3 Å². The Balaban J connectivity index is 2.35. The molecule has 0 saturated carbocycles. The topological polar surface area (TPSA) is 40.5 Å². The normalized spacial score (nSPS) is 29.7. The number of aliphatic hydroxyl groups is 1. The molecule has 2 heterocycles. The van der Waals surface area contributed by atoms with E-state index >= 15 is 0 Å². The predicted molar refractivity (Wildman–Crippen MR) is 50.7 cm³/mol. The molecule has 0 bridgehead atoms. The molecule has 0 aromatic rings. The Morgan fingerprint density at radius 2 is 2.17 bits per heavy atom. The second-order valence-corrected chi connectivity index (χ2v) is 4.92. The number of hydrogen-bond acceptors (Lipinski definition) is 4. The van der Waals surface area contributed by atoms with Gasteiger partial charge in [0.15, 0.2) is 6.23 Å². The molecule has 2 rings (SSSR count). The van der Waals surface area contributed by atoms with E-state index in [0.29, 0.717) is 0 Å². The zero-order chi connectivity index (χ0) is 8.72.